The minimum Gasteiger partial charge on any atom is -0.398 e. The van der Waals surface area contributed by atoms with Crippen molar-refractivity contribution in [2.45, 2.75) is 29.6 Å². The van der Waals surface area contributed by atoms with Gasteiger partial charge in [-0.05, 0) is 36.2 Å². The van der Waals surface area contributed by atoms with Crippen LogP contribution in [0, 0.1) is 0 Å². The van der Waals surface area contributed by atoms with Crippen molar-refractivity contribution >= 4 is 17.4 Å². The largest absolute Gasteiger partial charge is 0.398 e. The molecule has 0 heterocycles. The summed E-state index contributed by atoms with van der Waals surface area (Å²) in [4.78, 5) is 2.36. The van der Waals surface area contributed by atoms with Gasteiger partial charge in [-0.25, -0.2) is 0 Å². The summed E-state index contributed by atoms with van der Waals surface area (Å²) in [6.07, 6.45) is 2.34. The van der Waals surface area contributed by atoms with Gasteiger partial charge in [0.1, 0.15) is 0 Å². The zero-order chi connectivity index (χ0) is 12.1. The number of nitrogen functional groups attached to an aromatic ring is 1. The van der Waals surface area contributed by atoms with Crippen LogP contribution in [0.1, 0.15) is 18.9 Å². The summed E-state index contributed by atoms with van der Waals surface area (Å²) >= 11 is 1.72. The number of aryl methyl sites for hydroxylation is 1. The van der Waals surface area contributed by atoms with Gasteiger partial charge in [-0.15, -0.1) is 0 Å². The highest BCUT2D eigenvalue weighted by atomic mass is 32.2. The number of anilines is 1. The number of para-hydroxylation sites is 1. The first kappa shape index (κ1) is 12.1. The van der Waals surface area contributed by atoms with Gasteiger partial charge < -0.3 is 5.73 Å². The van der Waals surface area contributed by atoms with Gasteiger partial charge in [0.15, 0.2) is 0 Å². The van der Waals surface area contributed by atoms with Crippen molar-refractivity contribution < 1.29 is 0 Å². The van der Waals surface area contributed by atoms with E-state index in [2.05, 4.69) is 37.3 Å². The highest BCUT2D eigenvalue weighted by molar-refractivity contribution is 7.99. The Morgan fingerprint density at radius 1 is 1.00 bits per heavy atom. The predicted molar refractivity (Wildman–Crippen MR) is 75.4 cm³/mol. The molecule has 0 atom stereocenters. The number of rotatable bonds is 4. The molecular formula is C15H17NS. The van der Waals surface area contributed by atoms with Gasteiger partial charge in [0, 0.05) is 15.5 Å². The number of hydrogen-bond donors (Lipinski definition) is 1. The highest BCUT2D eigenvalue weighted by Crippen LogP contribution is 2.31. The molecule has 0 aliphatic heterocycles. The summed E-state index contributed by atoms with van der Waals surface area (Å²) in [7, 11) is 0. The van der Waals surface area contributed by atoms with E-state index in [1.165, 1.54) is 16.9 Å². The summed E-state index contributed by atoms with van der Waals surface area (Å²) in [6, 6.07) is 16.7. The first-order valence-electron chi connectivity index (χ1n) is 5.91. The average molecular weight is 243 g/mol. The fourth-order valence-corrected chi connectivity index (χ4v) is 2.57. The van der Waals surface area contributed by atoms with Gasteiger partial charge in [0.25, 0.3) is 0 Å². The van der Waals surface area contributed by atoms with E-state index in [4.69, 9.17) is 5.73 Å². The second kappa shape index (κ2) is 5.78. The maximum atomic E-state index is 5.93. The lowest BCUT2D eigenvalue weighted by Gasteiger charge is -2.05. The molecule has 2 aromatic carbocycles. The van der Waals surface area contributed by atoms with Crippen LogP contribution in [0.4, 0.5) is 5.69 Å². The normalized spacial score (nSPS) is 10.4. The molecular weight excluding hydrogens is 226 g/mol. The first-order valence-corrected chi connectivity index (χ1v) is 6.72. The average Bonchev–Trinajstić information content (AvgIpc) is 2.35. The van der Waals surface area contributed by atoms with Crippen molar-refractivity contribution in [1.29, 1.82) is 0 Å². The van der Waals surface area contributed by atoms with Crippen LogP contribution in [0.3, 0.4) is 0 Å². The van der Waals surface area contributed by atoms with Gasteiger partial charge in [0.05, 0.1) is 0 Å². The Bertz CT molecular complexity index is 477. The lowest BCUT2D eigenvalue weighted by molar-refractivity contribution is 0.920. The van der Waals surface area contributed by atoms with Gasteiger partial charge in [0.2, 0.25) is 0 Å². The van der Waals surface area contributed by atoms with Gasteiger partial charge in [-0.2, -0.15) is 0 Å². The third-order valence-electron chi connectivity index (χ3n) is 2.61. The molecule has 0 aliphatic carbocycles. The van der Waals surface area contributed by atoms with Gasteiger partial charge >= 0.3 is 0 Å². The Balaban J connectivity index is 2.11. The summed E-state index contributed by atoms with van der Waals surface area (Å²) < 4.78 is 0. The lowest BCUT2D eigenvalue weighted by atomic mass is 10.1. The Morgan fingerprint density at radius 2 is 1.71 bits per heavy atom. The fourth-order valence-electron chi connectivity index (χ4n) is 1.71. The summed E-state index contributed by atoms with van der Waals surface area (Å²) in [5, 5.41) is 0. The topological polar surface area (TPSA) is 26.0 Å². The molecule has 2 heteroatoms. The van der Waals surface area contributed by atoms with Crippen molar-refractivity contribution in [2.75, 3.05) is 5.73 Å². The third-order valence-corrected chi connectivity index (χ3v) is 3.71. The molecule has 0 saturated heterocycles. The second-order valence-corrected chi connectivity index (χ2v) is 5.15. The molecule has 0 radical (unpaired) electrons. The number of nitrogens with two attached hydrogens (primary N) is 1. The minimum absolute atomic E-state index is 0.843. The van der Waals surface area contributed by atoms with E-state index in [-0.39, 0.29) is 0 Å². The molecule has 0 amide bonds. The molecule has 2 N–H and O–H groups in total. The molecule has 17 heavy (non-hydrogen) atoms. The monoisotopic (exact) mass is 243 g/mol. The van der Waals surface area contributed by atoms with Crippen molar-refractivity contribution in [3.05, 3.63) is 54.1 Å². The molecule has 0 unspecified atom stereocenters. The molecule has 2 aromatic rings. The molecule has 0 aliphatic rings. The van der Waals surface area contributed by atoms with Crippen LogP contribution in [0.15, 0.2) is 58.3 Å². The molecule has 88 valence electrons. The molecule has 0 bridgehead atoms. The van der Waals surface area contributed by atoms with Crippen LogP contribution >= 0.6 is 11.8 Å². The van der Waals surface area contributed by atoms with Crippen LogP contribution in [0.5, 0.6) is 0 Å². The molecule has 0 aromatic heterocycles. The van der Waals surface area contributed by atoms with E-state index in [1.807, 2.05) is 18.2 Å². The smallest absolute Gasteiger partial charge is 0.0455 e. The van der Waals surface area contributed by atoms with Crippen LogP contribution < -0.4 is 5.73 Å². The minimum atomic E-state index is 0.843. The van der Waals surface area contributed by atoms with Crippen molar-refractivity contribution in [3.63, 3.8) is 0 Å². The van der Waals surface area contributed by atoms with Crippen molar-refractivity contribution in [1.82, 2.24) is 0 Å². The van der Waals surface area contributed by atoms with Crippen LogP contribution in [0.25, 0.3) is 0 Å². The number of hydrogen-bond acceptors (Lipinski definition) is 2. The van der Waals surface area contributed by atoms with E-state index in [9.17, 15) is 0 Å². The van der Waals surface area contributed by atoms with Gasteiger partial charge in [-0.3, -0.25) is 0 Å². The van der Waals surface area contributed by atoms with Crippen LogP contribution in [0.2, 0.25) is 0 Å². The molecule has 1 nitrogen and oxygen atoms in total. The van der Waals surface area contributed by atoms with Crippen LogP contribution in [-0.4, -0.2) is 0 Å². The molecule has 0 saturated carbocycles. The summed E-state index contributed by atoms with van der Waals surface area (Å²) in [6.45, 7) is 2.20. The molecule has 0 spiro atoms. The highest BCUT2D eigenvalue weighted by Gasteiger charge is 2.00. The van der Waals surface area contributed by atoms with Crippen molar-refractivity contribution in [2.24, 2.45) is 0 Å². The van der Waals surface area contributed by atoms with Gasteiger partial charge in [-0.1, -0.05) is 49.4 Å². The van der Waals surface area contributed by atoms with E-state index in [1.54, 1.807) is 11.8 Å². The standard InChI is InChI=1S/C15H17NS/c1-2-5-12-8-10-13(11-9-12)17-15-7-4-3-6-14(15)16/h3-4,6-11H,2,5,16H2,1H3. The zero-order valence-electron chi connectivity index (χ0n) is 10.0. The van der Waals surface area contributed by atoms with E-state index >= 15 is 0 Å². The second-order valence-electron chi connectivity index (χ2n) is 4.03. The lowest BCUT2D eigenvalue weighted by Crippen LogP contribution is -1.87. The third kappa shape index (κ3) is 3.27. The maximum absolute atomic E-state index is 5.93. The first-order chi connectivity index (χ1) is 8.29. The predicted octanol–water partition coefficient (Wildman–Crippen LogP) is 4.37. The Hall–Kier alpha value is -1.41. The SMILES string of the molecule is CCCc1ccc(Sc2ccccc2N)cc1. The summed E-state index contributed by atoms with van der Waals surface area (Å²) in [5.41, 5.74) is 8.17. The van der Waals surface area contributed by atoms with E-state index < -0.39 is 0 Å². The maximum Gasteiger partial charge on any atom is 0.0455 e. The molecule has 2 rings (SSSR count). The van der Waals surface area contributed by atoms with Crippen LogP contribution in [-0.2, 0) is 6.42 Å². The zero-order valence-corrected chi connectivity index (χ0v) is 10.8. The Kier molecular flexibility index (Phi) is 4.10. The quantitative estimate of drug-likeness (QED) is 0.807. The molecule has 0 fully saturated rings. The van der Waals surface area contributed by atoms with E-state index in [0.717, 1.165) is 17.0 Å². The van der Waals surface area contributed by atoms with Crippen molar-refractivity contribution in [3.8, 4) is 0 Å². The Morgan fingerprint density at radius 3 is 2.35 bits per heavy atom. The summed E-state index contributed by atoms with van der Waals surface area (Å²) in [5.74, 6) is 0. The number of benzene rings is 2. The Labute approximate surface area is 107 Å². The van der Waals surface area contributed by atoms with E-state index in [0.29, 0.717) is 0 Å². The fraction of sp³-hybridized carbons (Fsp3) is 0.200.